The van der Waals surface area contributed by atoms with Gasteiger partial charge in [0.05, 0.1) is 0 Å². The number of rotatable bonds is 1. The Morgan fingerprint density at radius 3 is 2.95 bits per heavy atom. The van der Waals surface area contributed by atoms with Crippen LogP contribution in [0.2, 0.25) is 0 Å². The summed E-state index contributed by atoms with van der Waals surface area (Å²) in [7, 11) is 0. The molecular weight excluding hydrogens is 292 g/mol. The SMILES string of the molecule is CC[C@H]1C[C@@H]2C[C@H]3c4[nH]c5ccccc5c4CCN(C2)[C@@H]13.Cl. The zero-order chi connectivity index (χ0) is 14.0. The van der Waals surface area contributed by atoms with Crippen LogP contribution in [0.4, 0.5) is 0 Å². The van der Waals surface area contributed by atoms with Gasteiger partial charge in [-0.2, -0.15) is 0 Å². The monoisotopic (exact) mass is 316 g/mol. The molecule has 0 amide bonds. The third-order valence-electron chi connectivity index (χ3n) is 6.42. The number of halogens is 1. The maximum absolute atomic E-state index is 3.81. The molecule has 1 aromatic carbocycles. The van der Waals surface area contributed by atoms with Gasteiger partial charge in [-0.15, -0.1) is 12.4 Å². The van der Waals surface area contributed by atoms with Gasteiger partial charge in [-0.1, -0.05) is 31.5 Å². The fourth-order valence-corrected chi connectivity index (χ4v) is 5.65. The Kier molecular flexibility index (Phi) is 3.50. The van der Waals surface area contributed by atoms with Crippen LogP contribution in [0.25, 0.3) is 10.9 Å². The van der Waals surface area contributed by atoms with Crippen molar-refractivity contribution in [2.75, 3.05) is 13.1 Å². The molecule has 1 aromatic heterocycles. The summed E-state index contributed by atoms with van der Waals surface area (Å²) < 4.78 is 0. The van der Waals surface area contributed by atoms with E-state index in [0.717, 1.165) is 23.8 Å². The van der Waals surface area contributed by atoms with Crippen molar-refractivity contribution in [3.63, 3.8) is 0 Å². The molecule has 22 heavy (non-hydrogen) atoms. The molecule has 1 aliphatic carbocycles. The molecule has 2 aromatic rings. The number of para-hydroxylation sites is 1. The van der Waals surface area contributed by atoms with Crippen LogP contribution >= 0.6 is 12.4 Å². The summed E-state index contributed by atoms with van der Waals surface area (Å²) in [6.45, 7) is 5.02. The number of aromatic amines is 1. The number of nitrogens with one attached hydrogen (secondary N) is 1. The van der Waals surface area contributed by atoms with Crippen LogP contribution in [0.5, 0.6) is 0 Å². The lowest BCUT2D eigenvalue weighted by atomic mass is 9.65. The molecule has 1 saturated carbocycles. The quantitative estimate of drug-likeness (QED) is 0.828. The van der Waals surface area contributed by atoms with Gasteiger partial charge in [0.2, 0.25) is 0 Å². The summed E-state index contributed by atoms with van der Waals surface area (Å²) >= 11 is 0. The second kappa shape index (κ2) is 5.28. The zero-order valence-electron chi connectivity index (χ0n) is 13.2. The van der Waals surface area contributed by atoms with Crippen LogP contribution < -0.4 is 0 Å². The first-order chi connectivity index (χ1) is 10.3. The molecule has 0 spiro atoms. The number of fused-ring (bicyclic) bond motifs is 4. The van der Waals surface area contributed by atoms with Crippen molar-refractivity contribution < 1.29 is 0 Å². The lowest BCUT2D eigenvalue weighted by Gasteiger charge is -2.53. The summed E-state index contributed by atoms with van der Waals surface area (Å²) in [6.07, 6.45) is 5.47. The lowest BCUT2D eigenvalue weighted by Crippen LogP contribution is -2.56. The number of piperidine rings is 2. The highest BCUT2D eigenvalue weighted by molar-refractivity contribution is 5.85. The number of H-pyrrole nitrogens is 1. The molecule has 118 valence electrons. The standard InChI is InChI=1S/C19H24N2.ClH/c1-2-13-9-12-10-16-18-15(7-8-21(11-12)19(13)16)14-5-3-4-6-17(14)20-18;/h3-6,12-13,16,19-20H,2,7-11H2,1H3;1H/t12-,13+,16+,19+;/m1./s1. The number of hydrogen-bond acceptors (Lipinski definition) is 1. The van der Waals surface area contributed by atoms with Crippen molar-refractivity contribution in [2.45, 2.75) is 44.6 Å². The Morgan fingerprint density at radius 1 is 1.23 bits per heavy atom. The van der Waals surface area contributed by atoms with Gasteiger partial charge in [-0.25, -0.2) is 0 Å². The van der Waals surface area contributed by atoms with Crippen molar-refractivity contribution in [1.82, 2.24) is 9.88 Å². The smallest absolute Gasteiger partial charge is 0.0459 e. The van der Waals surface area contributed by atoms with E-state index in [1.54, 1.807) is 11.3 Å². The predicted molar refractivity (Wildman–Crippen MR) is 93.9 cm³/mol. The first-order valence-corrected chi connectivity index (χ1v) is 8.68. The summed E-state index contributed by atoms with van der Waals surface area (Å²) in [5, 5.41) is 1.48. The molecule has 6 rings (SSSR count). The number of aromatic nitrogens is 1. The fourth-order valence-electron chi connectivity index (χ4n) is 5.65. The average molecular weight is 317 g/mol. The number of benzene rings is 1. The van der Waals surface area contributed by atoms with E-state index in [1.807, 2.05) is 0 Å². The third-order valence-corrected chi connectivity index (χ3v) is 6.42. The minimum absolute atomic E-state index is 0. The van der Waals surface area contributed by atoms with Gasteiger partial charge in [0.15, 0.2) is 0 Å². The van der Waals surface area contributed by atoms with E-state index < -0.39 is 0 Å². The van der Waals surface area contributed by atoms with E-state index >= 15 is 0 Å². The number of nitrogens with zero attached hydrogens (tertiary/aromatic N) is 1. The van der Waals surface area contributed by atoms with Gasteiger partial charge in [0.1, 0.15) is 0 Å². The van der Waals surface area contributed by atoms with Crippen LogP contribution in [0.15, 0.2) is 24.3 Å². The Balaban J connectivity index is 0.00000125. The zero-order valence-corrected chi connectivity index (χ0v) is 14.0. The third kappa shape index (κ3) is 1.90. The summed E-state index contributed by atoms with van der Waals surface area (Å²) in [4.78, 5) is 6.65. The molecule has 2 saturated heterocycles. The van der Waals surface area contributed by atoms with Gasteiger partial charge in [-0.05, 0) is 42.7 Å². The van der Waals surface area contributed by atoms with E-state index in [2.05, 4.69) is 41.1 Å². The molecular formula is C19H25ClN2. The van der Waals surface area contributed by atoms with Crippen molar-refractivity contribution in [3.8, 4) is 0 Å². The van der Waals surface area contributed by atoms with Gasteiger partial charge in [0.25, 0.3) is 0 Å². The Hall–Kier alpha value is -0.990. The van der Waals surface area contributed by atoms with E-state index in [9.17, 15) is 0 Å². The molecule has 5 atom stereocenters. The van der Waals surface area contributed by atoms with Gasteiger partial charge >= 0.3 is 0 Å². The molecule has 1 N–H and O–H groups in total. The minimum Gasteiger partial charge on any atom is -0.358 e. The molecule has 1 unspecified atom stereocenters. The first-order valence-electron chi connectivity index (χ1n) is 8.68. The second-order valence-corrected chi connectivity index (χ2v) is 7.41. The maximum atomic E-state index is 3.81. The topological polar surface area (TPSA) is 19.0 Å². The molecule has 3 heteroatoms. The molecule has 0 radical (unpaired) electrons. The fraction of sp³-hybridized carbons (Fsp3) is 0.579. The van der Waals surface area contributed by atoms with E-state index in [0.29, 0.717) is 0 Å². The Bertz CT molecular complexity index is 692. The highest BCUT2D eigenvalue weighted by Crippen LogP contribution is 2.50. The maximum Gasteiger partial charge on any atom is 0.0459 e. The van der Waals surface area contributed by atoms with Crippen LogP contribution in [-0.2, 0) is 6.42 Å². The van der Waals surface area contributed by atoms with E-state index in [1.165, 1.54) is 49.7 Å². The van der Waals surface area contributed by atoms with Crippen LogP contribution in [0.3, 0.4) is 0 Å². The van der Waals surface area contributed by atoms with Gasteiger partial charge in [-0.3, -0.25) is 4.90 Å². The Morgan fingerprint density at radius 2 is 2.09 bits per heavy atom. The summed E-state index contributed by atoms with van der Waals surface area (Å²) in [5.41, 5.74) is 4.57. The van der Waals surface area contributed by atoms with E-state index in [-0.39, 0.29) is 12.4 Å². The lowest BCUT2D eigenvalue weighted by molar-refractivity contribution is -0.0134. The van der Waals surface area contributed by atoms with Gasteiger partial charge in [0, 0.05) is 41.6 Å². The van der Waals surface area contributed by atoms with Gasteiger partial charge < -0.3 is 4.98 Å². The predicted octanol–water partition coefficient (Wildman–Crippen LogP) is 4.35. The first kappa shape index (κ1) is 14.6. The average Bonchev–Trinajstić information content (AvgIpc) is 2.86. The normalized spacial score (nSPS) is 35.8. The molecule has 3 fully saturated rings. The van der Waals surface area contributed by atoms with Crippen LogP contribution in [0, 0.1) is 11.8 Å². The van der Waals surface area contributed by atoms with Crippen molar-refractivity contribution >= 4 is 23.3 Å². The molecule has 3 aliphatic heterocycles. The molecule has 4 aliphatic rings. The van der Waals surface area contributed by atoms with Crippen LogP contribution in [0.1, 0.15) is 43.4 Å². The summed E-state index contributed by atoms with van der Waals surface area (Å²) in [6, 6.07) is 9.71. The number of hydrogen-bond donors (Lipinski definition) is 1. The summed E-state index contributed by atoms with van der Waals surface area (Å²) in [5.74, 6) is 2.61. The molecule has 4 heterocycles. The molecule has 2 nitrogen and oxygen atoms in total. The Labute approximate surface area is 138 Å². The van der Waals surface area contributed by atoms with Crippen molar-refractivity contribution in [3.05, 3.63) is 35.5 Å². The minimum atomic E-state index is 0. The highest BCUT2D eigenvalue weighted by atomic mass is 35.5. The largest absolute Gasteiger partial charge is 0.358 e. The highest BCUT2D eigenvalue weighted by Gasteiger charge is 2.48. The molecule has 4 bridgehead atoms. The van der Waals surface area contributed by atoms with Crippen LogP contribution in [-0.4, -0.2) is 29.0 Å². The second-order valence-electron chi connectivity index (χ2n) is 7.41. The van der Waals surface area contributed by atoms with Crippen molar-refractivity contribution in [1.29, 1.82) is 0 Å². The van der Waals surface area contributed by atoms with E-state index in [4.69, 9.17) is 0 Å². The van der Waals surface area contributed by atoms with Crippen molar-refractivity contribution in [2.24, 2.45) is 11.8 Å².